The van der Waals surface area contributed by atoms with E-state index in [1.54, 1.807) is 5.06 Å². The Hall–Kier alpha value is -2.75. The van der Waals surface area contributed by atoms with E-state index < -0.39 is 12.3 Å². The molecule has 28 heavy (non-hydrogen) atoms. The maximum atomic E-state index is 12.3. The number of halogens is 3. The van der Waals surface area contributed by atoms with Crippen molar-refractivity contribution in [2.75, 3.05) is 6.54 Å². The molecule has 0 amide bonds. The number of benzene rings is 1. The number of nitrogens with zero attached hydrogens (tertiary/aromatic N) is 1. The predicted octanol–water partition coefficient (Wildman–Crippen LogP) is 3.14. The second-order valence-electron chi connectivity index (χ2n) is 6.61. The first-order valence-corrected chi connectivity index (χ1v) is 8.68. The number of aromatic nitrogens is 1. The molecule has 7 nitrogen and oxygen atoms in total. The molecule has 0 bridgehead atoms. The summed E-state index contributed by atoms with van der Waals surface area (Å²) in [6.45, 7) is 1.75. The first-order chi connectivity index (χ1) is 13.2. The van der Waals surface area contributed by atoms with Gasteiger partial charge in [-0.05, 0) is 37.0 Å². The van der Waals surface area contributed by atoms with Crippen molar-refractivity contribution in [3.8, 4) is 5.75 Å². The fourth-order valence-corrected chi connectivity index (χ4v) is 3.36. The van der Waals surface area contributed by atoms with Crippen LogP contribution in [0.4, 0.5) is 13.2 Å². The highest BCUT2D eigenvalue weighted by molar-refractivity contribution is 5.65. The summed E-state index contributed by atoms with van der Waals surface area (Å²) in [6, 6.07) is 6.72. The molecule has 2 heterocycles. The Morgan fingerprint density at radius 3 is 2.61 bits per heavy atom. The zero-order valence-electron chi connectivity index (χ0n) is 15.0. The Bertz CT molecular complexity index is 859. The van der Waals surface area contributed by atoms with E-state index in [0.29, 0.717) is 31.6 Å². The van der Waals surface area contributed by atoms with Crippen molar-refractivity contribution in [3.63, 3.8) is 0 Å². The molecule has 1 N–H and O–H groups in total. The quantitative estimate of drug-likeness (QED) is 0.830. The van der Waals surface area contributed by atoms with E-state index in [0.717, 1.165) is 5.56 Å². The molecule has 0 aliphatic carbocycles. The minimum Gasteiger partial charge on any atom is -0.406 e. The second kappa shape index (κ2) is 8.09. The largest absolute Gasteiger partial charge is 0.573 e. The summed E-state index contributed by atoms with van der Waals surface area (Å²) in [5.41, 5.74) is 0.432. The van der Waals surface area contributed by atoms with Gasteiger partial charge in [-0.2, -0.15) is 5.16 Å². The van der Waals surface area contributed by atoms with Crippen molar-refractivity contribution >= 4 is 5.97 Å². The number of alkyl halides is 3. The van der Waals surface area contributed by atoms with Crippen molar-refractivity contribution in [1.29, 1.82) is 0 Å². The molecular weight excluding hydrogens is 381 g/mol. The van der Waals surface area contributed by atoms with Gasteiger partial charge in [-0.3, -0.25) is 9.59 Å². The van der Waals surface area contributed by atoms with Gasteiger partial charge in [0.1, 0.15) is 11.5 Å². The van der Waals surface area contributed by atoms with E-state index >= 15 is 0 Å². The summed E-state index contributed by atoms with van der Waals surface area (Å²) in [5.74, 6) is -0.260. The average Bonchev–Trinajstić information content (AvgIpc) is 3.03. The molecule has 1 aliphatic heterocycles. The number of carbonyl (C=O) groups excluding carboxylic acids is 1. The smallest absolute Gasteiger partial charge is 0.406 e. The Morgan fingerprint density at radius 1 is 1.32 bits per heavy atom. The van der Waals surface area contributed by atoms with Crippen molar-refractivity contribution in [2.45, 2.75) is 44.5 Å². The molecule has 3 rings (SSSR count). The summed E-state index contributed by atoms with van der Waals surface area (Å²) in [5, 5.41) is 3.84. The molecule has 0 spiro atoms. The van der Waals surface area contributed by atoms with Gasteiger partial charge >= 0.3 is 12.3 Å². The summed E-state index contributed by atoms with van der Waals surface area (Å²) in [7, 11) is 0. The molecule has 0 radical (unpaired) electrons. The number of rotatable bonds is 5. The van der Waals surface area contributed by atoms with Crippen LogP contribution >= 0.6 is 0 Å². The zero-order valence-corrected chi connectivity index (χ0v) is 15.0. The zero-order chi connectivity index (χ0) is 20.3. The lowest BCUT2D eigenvalue weighted by molar-refractivity contribution is -0.274. The molecular formula is C18H19F3N2O5. The molecule has 2 aromatic rings. The molecule has 0 saturated carbocycles. The minimum atomic E-state index is -4.75. The van der Waals surface area contributed by atoms with Crippen molar-refractivity contribution in [1.82, 2.24) is 10.2 Å². The molecule has 1 fully saturated rings. The molecule has 1 aromatic heterocycles. The molecule has 1 aliphatic rings. The van der Waals surface area contributed by atoms with Crippen LogP contribution in [0.2, 0.25) is 0 Å². The number of piperidine rings is 1. The maximum Gasteiger partial charge on any atom is 0.573 e. The Labute approximate surface area is 157 Å². The first-order valence-electron chi connectivity index (χ1n) is 8.68. The lowest BCUT2D eigenvalue weighted by Gasteiger charge is -2.36. The van der Waals surface area contributed by atoms with Crippen LogP contribution in [0.1, 0.15) is 37.0 Å². The number of hydroxylamine groups is 2. The molecule has 2 unspecified atom stereocenters. The van der Waals surface area contributed by atoms with Crippen molar-refractivity contribution < 1.29 is 32.1 Å². The van der Waals surface area contributed by atoms with Crippen LogP contribution in [0.25, 0.3) is 0 Å². The fourth-order valence-electron chi connectivity index (χ4n) is 3.36. The van der Waals surface area contributed by atoms with Crippen LogP contribution < -0.4 is 10.3 Å². The van der Waals surface area contributed by atoms with E-state index in [-0.39, 0.29) is 23.3 Å². The normalized spacial score (nSPS) is 20.7. The van der Waals surface area contributed by atoms with Crippen LogP contribution in [0.5, 0.6) is 5.75 Å². The number of hydrogen-bond acceptors (Lipinski definition) is 6. The van der Waals surface area contributed by atoms with E-state index in [1.165, 1.54) is 37.3 Å². The van der Waals surface area contributed by atoms with Gasteiger partial charge in [0.25, 0.3) is 5.56 Å². The topological polar surface area (TPSA) is 84.8 Å². The third kappa shape index (κ3) is 5.38. The molecule has 1 aromatic carbocycles. The molecule has 152 valence electrons. The summed E-state index contributed by atoms with van der Waals surface area (Å²) >= 11 is 0. The van der Waals surface area contributed by atoms with Gasteiger partial charge in [0.05, 0.1) is 6.04 Å². The van der Waals surface area contributed by atoms with Crippen LogP contribution in [-0.4, -0.2) is 35.1 Å². The van der Waals surface area contributed by atoms with Crippen LogP contribution in [0.3, 0.4) is 0 Å². The number of carbonyl (C=O) groups is 1. The van der Waals surface area contributed by atoms with Gasteiger partial charge in [-0.15, -0.1) is 18.2 Å². The van der Waals surface area contributed by atoms with Gasteiger partial charge in [-0.25, -0.2) is 0 Å². The Morgan fingerprint density at radius 2 is 2.04 bits per heavy atom. The van der Waals surface area contributed by atoms with Crippen LogP contribution in [0.15, 0.2) is 39.6 Å². The Balaban J connectivity index is 1.72. The highest BCUT2D eigenvalue weighted by Gasteiger charge is 2.34. The van der Waals surface area contributed by atoms with E-state index in [4.69, 9.17) is 9.36 Å². The highest BCUT2D eigenvalue weighted by atomic mass is 19.4. The molecule has 1 saturated heterocycles. The fraction of sp³-hybridized carbons (Fsp3) is 0.444. The summed E-state index contributed by atoms with van der Waals surface area (Å²) < 4.78 is 45.9. The van der Waals surface area contributed by atoms with E-state index in [9.17, 15) is 22.8 Å². The summed E-state index contributed by atoms with van der Waals surface area (Å²) in [6.07, 6.45) is -3.13. The summed E-state index contributed by atoms with van der Waals surface area (Å²) in [4.78, 5) is 28.0. The van der Waals surface area contributed by atoms with Crippen molar-refractivity contribution in [2.24, 2.45) is 0 Å². The maximum absolute atomic E-state index is 12.3. The second-order valence-corrected chi connectivity index (χ2v) is 6.61. The molecule has 10 heteroatoms. The number of nitrogens with one attached hydrogen (secondary N) is 1. The number of hydrogen-bond donors (Lipinski definition) is 1. The highest BCUT2D eigenvalue weighted by Crippen LogP contribution is 2.33. The van der Waals surface area contributed by atoms with Gasteiger partial charge < -0.3 is 14.1 Å². The van der Waals surface area contributed by atoms with Gasteiger partial charge in [0.2, 0.25) is 0 Å². The average molecular weight is 400 g/mol. The van der Waals surface area contributed by atoms with Crippen LogP contribution in [0, 0.1) is 0 Å². The van der Waals surface area contributed by atoms with E-state index in [2.05, 4.69) is 9.89 Å². The Kier molecular flexibility index (Phi) is 5.78. The minimum absolute atomic E-state index is 0.0383. The standard InChI is InChI=1S/C18H19F3N2O5/c1-11(24)28-23-7-6-13(16-10-17(25)22-27-16)9-14(23)8-12-2-4-15(5-3-12)26-18(19,20)21/h2-5,10,13-14H,6-9H2,1H3,(H,22,25). The number of aromatic amines is 1. The van der Waals surface area contributed by atoms with Gasteiger partial charge in [-0.1, -0.05) is 12.1 Å². The third-order valence-corrected chi connectivity index (χ3v) is 4.48. The van der Waals surface area contributed by atoms with Gasteiger partial charge in [0.15, 0.2) is 0 Å². The number of ether oxygens (including phenoxy) is 1. The van der Waals surface area contributed by atoms with E-state index in [1.807, 2.05) is 0 Å². The lowest BCUT2D eigenvalue weighted by Crippen LogP contribution is -2.44. The van der Waals surface area contributed by atoms with Crippen molar-refractivity contribution in [3.05, 3.63) is 52.0 Å². The first kappa shape index (κ1) is 20.0. The monoisotopic (exact) mass is 400 g/mol. The van der Waals surface area contributed by atoms with Gasteiger partial charge in [0, 0.05) is 25.5 Å². The SMILES string of the molecule is CC(=O)ON1CCC(c2cc(=O)[nH]o2)CC1Cc1ccc(OC(F)(F)F)cc1. The number of H-pyrrole nitrogens is 1. The predicted molar refractivity (Wildman–Crippen MR) is 90.4 cm³/mol. The molecule has 2 atom stereocenters. The van der Waals surface area contributed by atoms with Crippen LogP contribution in [-0.2, 0) is 16.1 Å². The third-order valence-electron chi connectivity index (χ3n) is 4.48. The lowest BCUT2D eigenvalue weighted by atomic mass is 9.87.